The molecule has 0 aliphatic carbocycles. The van der Waals surface area contributed by atoms with Crippen LogP contribution in [0.3, 0.4) is 0 Å². The van der Waals surface area contributed by atoms with Gasteiger partial charge in [0.15, 0.2) is 16.6 Å². The molecule has 2 rings (SSSR count). The van der Waals surface area contributed by atoms with Gasteiger partial charge in [0.25, 0.3) is 0 Å². The van der Waals surface area contributed by atoms with Crippen LogP contribution in [0.25, 0.3) is 0 Å². The molecule has 0 saturated heterocycles. The molecule has 1 atom stereocenters. The standard InChI is InChI=1S/C14H35F3O3Si4.2C6H6.2C5H8O2.8CH4/c1-10-21(3,4)18-23(7,8)20-24(9,13-12-14(15,16)17)19-22(5,6)11-2;2*1-2-4-6-5-3-1;2*1-3-5(6)7-4-2;;;;;;;;/h10-13H2,1-9H3;2*1-6H;2*3H,1,4H2,2H3;8*1H4. The Morgan fingerprint density at radius 3 is 0.966 bits per heavy atom. The third-order valence-corrected chi connectivity index (χ3v) is 22.7. The highest BCUT2D eigenvalue weighted by Crippen LogP contribution is 2.33. The van der Waals surface area contributed by atoms with Gasteiger partial charge in [-0.15, -0.1) is 0 Å². The quantitative estimate of drug-likeness (QED) is 0.106. The van der Waals surface area contributed by atoms with E-state index < -0.39 is 46.4 Å². The second kappa shape index (κ2) is 45.5. The van der Waals surface area contributed by atoms with Crippen LogP contribution in [0.4, 0.5) is 13.2 Å². The molecule has 0 radical (unpaired) electrons. The Hall–Kier alpha value is -2.60. The molecule has 0 spiro atoms. The highest BCUT2D eigenvalue weighted by atomic mass is 28.5. The van der Waals surface area contributed by atoms with Gasteiger partial charge in [-0.2, -0.15) is 13.2 Å². The number of hydrogen-bond donors (Lipinski definition) is 0. The first-order valence-electron chi connectivity index (χ1n) is 16.8. The van der Waals surface area contributed by atoms with E-state index in [-0.39, 0.29) is 77.4 Å². The van der Waals surface area contributed by atoms with Crippen molar-refractivity contribution >= 4 is 45.7 Å². The fourth-order valence-corrected chi connectivity index (χ4v) is 21.5. The van der Waals surface area contributed by atoms with E-state index >= 15 is 0 Å². The molecule has 0 fully saturated rings. The van der Waals surface area contributed by atoms with Crippen molar-refractivity contribution in [3.8, 4) is 0 Å². The van der Waals surface area contributed by atoms with Crippen LogP contribution in [0.5, 0.6) is 0 Å². The second-order valence-corrected chi connectivity index (χ2v) is 28.9. The third-order valence-electron chi connectivity index (χ3n) is 6.28. The van der Waals surface area contributed by atoms with Crippen LogP contribution < -0.4 is 0 Å². The molecule has 14 heteroatoms. The number of ether oxygens (including phenoxy) is 2. The largest absolute Gasteiger partial charge is 0.463 e. The Morgan fingerprint density at radius 2 is 0.776 bits per heavy atom. The van der Waals surface area contributed by atoms with Crippen molar-refractivity contribution in [2.45, 2.75) is 164 Å². The zero-order valence-electron chi connectivity index (χ0n) is 32.2. The molecule has 0 heterocycles. The van der Waals surface area contributed by atoms with Gasteiger partial charge in [0.2, 0.25) is 0 Å². The first kappa shape index (κ1) is 83.2. The number of halogens is 3. The van der Waals surface area contributed by atoms with Crippen LogP contribution in [-0.2, 0) is 31.4 Å². The molecule has 2 aromatic carbocycles. The van der Waals surface area contributed by atoms with Gasteiger partial charge in [0.05, 0.1) is 13.2 Å². The van der Waals surface area contributed by atoms with E-state index in [2.05, 4.69) is 42.6 Å². The van der Waals surface area contributed by atoms with Crippen molar-refractivity contribution in [2.24, 2.45) is 0 Å². The van der Waals surface area contributed by atoms with Gasteiger partial charge in [-0.1, -0.05) is 159 Å². The lowest BCUT2D eigenvalue weighted by atomic mass is 10.4. The summed E-state index contributed by atoms with van der Waals surface area (Å²) in [4.78, 5) is 20.1. The number of rotatable bonds is 14. The zero-order valence-corrected chi connectivity index (χ0v) is 36.2. The minimum Gasteiger partial charge on any atom is -0.463 e. The Kier molecular flexibility index (Phi) is 65.2. The number of esters is 2. The lowest BCUT2D eigenvalue weighted by molar-refractivity contribution is -0.138. The second-order valence-electron chi connectivity index (χ2n) is 12.4. The van der Waals surface area contributed by atoms with E-state index in [0.29, 0.717) is 13.2 Å². The fourth-order valence-electron chi connectivity index (χ4n) is 3.60. The van der Waals surface area contributed by atoms with Gasteiger partial charge >= 0.3 is 35.2 Å². The van der Waals surface area contributed by atoms with Gasteiger partial charge in [0.1, 0.15) is 0 Å². The molecule has 0 aliphatic rings. The van der Waals surface area contributed by atoms with Gasteiger partial charge in [-0.05, 0) is 77.8 Å². The van der Waals surface area contributed by atoms with E-state index in [9.17, 15) is 22.8 Å². The molecule has 1 unspecified atom stereocenters. The van der Waals surface area contributed by atoms with E-state index in [1.807, 2.05) is 106 Å². The van der Waals surface area contributed by atoms with E-state index in [1.165, 1.54) is 0 Å². The molecule has 0 bridgehead atoms. The van der Waals surface area contributed by atoms with Crippen molar-refractivity contribution < 1.29 is 44.6 Å². The summed E-state index contributed by atoms with van der Waals surface area (Å²) in [5.74, 6) is -0.718. The van der Waals surface area contributed by atoms with Gasteiger partial charge in [-0.25, -0.2) is 9.59 Å². The SMILES string of the molecule is C.C.C.C.C.C.C.C.C=CC(=O)OCC.C=CC(=O)OCC.CC[Si](C)(C)O[Si](C)(C)O[Si](C)(CCC(F)(F)F)O[Si](C)(C)CC.c1ccccc1.c1ccccc1. The molecule has 0 aromatic heterocycles. The molecular formula is C44H95F3O7Si4. The Labute approximate surface area is 364 Å². The minimum absolute atomic E-state index is 0. The van der Waals surface area contributed by atoms with Crippen LogP contribution in [0.15, 0.2) is 98.1 Å². The monoisotopic (exact) mass is 905 g/mol. The number of benzene rings is 2. The van der Waals surface area contributed by atoms with Crippen molar-refractivity contribution in [2.75, 3.05) is 13.2 Å². The predicted octanol–water partition coefficient (Wildman–Crippen LogP) is 16.1. The normalized spacial score (nSPS) is 10.5. The average Bonchev–Trinajstić information content (AvgIpc) is 3.05. The van der Waals surface area contributed by atoms with Gasteiger partial charge < -0.3 is 21.8 Å². The first-order valence-corrected chi connectivity index (χ1v) is 28.4. The van der Waals surface area contributed by atoms with E-state index in [0.717, 1.165) is 24.2 Å². The maximum absolute atomic E-state index is 12.8. The molecule has 0 saturated carbocycles. The summed E-state index contributed by atoms with van der Waals surface area (Å²) < 4.78 is 66.0. The molecular weight excluding hydrogens is 810 g/mol. The summed E-state index contributed by atoms with van der Waals surface area (Å²) in [7, 11) is -9.39. The topological polar surface area (TPSA) is 80.3 Å². The summed E-state index contributed by atoms with van der Waals surface area (Å²) in [5.41, 5.74) is 0. The van der Waals surface area contributed by atoms with Crippen molar-refractivity contribution in [1.29, 1.82) is 0 Å². The Balaban J connectivity index is -0.0000000597. The van der Waals surface area contributed by atoms with Crippen molar-refractivity contribution in [3.63, 3.8) is 0 Å². The summed E-state index contributed by atoms with van der Waals surface area (Å²) in [6, 6.07) is 25.7. The smallest absolute Gasteiger partial charge is 0.389 e. The van der Waals surface area contributed by atoms with E-state index in [1.54, 1.807) is 20.4 Å². The maximum Gasteiger partial charge on any atom is 0.389 e. The Morgan fingerprint density at radius 1 is 0.517 bits per heavy atom. The fraction of sp³-hybridized carbons (Fsp3) is 0.591. The van der Waals surface area contributed by atoms with Crippen molar-refractivity contribution in [3.05, 3.63) is 98.1 Å². The summed E-state index contributed by atoms with van der Waals surface area (Å²) in [5, 5.41) is 0. The van der Waals surface area contributed by atoms with Gasteiger partial charge in [-0.3, -0.25) is 0 Å². The zero-order chi connectivity index (χ0) is 39.3. The minimum atomic E-state index is -4.19. The number of alkyl halides is 3. The molecule has 2 aromatic rings. The lowest BCUT2D eigenvalue weighted by Crippen LogP contribution is -2.57. The molecule has 0 amide bonds. The molecule has 350 valence electrons. The molecule has 7 nitrogen and oxygen atoms in total. The summed E-state index contributed by atoms with van der Waals surface area (Å²) >= 11 is 0. The summed E-state index contributed by atoms with van der Waals surface area (Å²) in [6.45, 7) is 28.8. The Bertz CT molecular complexity index is 1050. The van der Waals surface area contributed by atoms with E-state index in [4.69, 9.17) is 12.3 Å². The van der Waals surface area contributed by atoms with Crippen LogP contribution in [0, 0.1) is 0 Å². The van der Waals surface area contributed by atoms with Crippen LogP contribution in [0.2, 0.25) is 64.0 Å². The lowest BCUT2D eigenvalue weighted by Gasteiger charge is -2.42. The average molecular weight is 906 g/mol. The summed E-state index contributed by atoms with van der Waals surface area (Å²) in [6.07, 6.45) is -2.76. The maximum atomic E-state index is 12.8. The van der Waals surface area contributed by atoms with Crippen LogP contribution in [-0.4, -0.2) is 65.1 Å². The van der Waals surface area contributed by atoms with Crippen LogP contribution >= 0.6 is 0 Å². The number of hydrogen-bond acceptors (Lipinski definition) is 7. The molecule has 0 aliphatic heterocycles. The highest BCUT2D eigenvalue weighted by Gasteiger charge is 2.47. The number of carbonyl (C=O) groups is 2. The van der Waals surface area contributed by atoms with Crippen LogP contribution in [0.1, 0.15) is 93.5 Å². The van der Waals surface area contributed by atoms with Gasteiger partial charge in [0, 0.05) is 18.6 Å². The highest BCUT2D eigenvalue weighted by molar-refractivity contribution is 6.89. The third kappa shape index (κ3) is 57.7. The molecule has 0 N–H and O–H groups in total. The predicted molar refractivity (Wildman–Crippen MR) is 264 cm³/mol. The first-order chi connectivity index (χ1) is 23.1. The van der Waals surface area contributed by atoms with Crippen molar-refractivity contribution in [1.82, 2.24) is 0 Å². The number of carbonyl (C=O) groups excluding carboxylic acids is 2. The molecule has 58 heavy (non-hydrogen) atoms.